The minimum absolute atomic E-state index is 0.162. The van der Waals surface area contributed by atoms with Gasteiger partial charge in [0.25, 0.3) is 5.91 Å². The summed E-state index contributed by atoms with van der Waals surface area (Å²) in [4.78, 5) is 25.6. The van der Waals surface area contributed by atoms with Gasteiger partial charge in [0.05, 0.1) is 24.1 Å². The molecule has 4 N–H and O–H groups in total. The van der Waals surface area contributed by atoms with E-state index in [1.54, 1.807) is 59.4 Å². The molecule has 0 atom stereocenters. The largest absolute Gasteiger partial charge is 0.465 e. The number of rotatable bonds is 6. The Bertz CT molecular complexity index is 1220. The van der Waals surface area contributed by atoms with Crippen molar-refractivity contribution in [1.29, 1.82) is 0 Å². The summed E-state index contributed by atoms with van der Waals surface area (Å²) in [5.74, 6) is -0.0937. The van der Waals surface area contributed by atoms with Crippen LogP contribution in [-0.4, -0.2) is 26.9 Å². The first kappa shape index (κ1) is 20.7. The number of hydrogen-bond donors (Lipinski definition) is 3. The fourth-order valence-corrected chi connectivity index (χ4v) is 3.20. The highest BCUT2D eigenvalue weighted by molar-refractivity contribution is 6.05. The summed E-state index contributed by atoms with van der Waals surface area (Å²) in [5.41, 5.74) is 8.91. The zero-order valence-corrected chi connectivity index (χ0v) is 17.1. The van der Waals surface area contributed by atoms with Crippen LogP contribution in [0.5, 0.6) is 0 Å². The number of anilines is 3. The summed E-state index contributed by atoms with van der Waals surface area (Å²) >= 11 is 0. The molecule has 0 aliphatic rings. The normalized spacial score (nSPS) is 10.5. The van der Waals surface area contributed by atoms with E-state index in [0.717, 1.165) is 11.3 Å². The number of para-hydroxylation sites is 2. The third-order valence-electron chi connectivity index (χ3n) is 4.85. The maximum Gasteiger partial charge on any atom is 0.412 e. The second kappa shape index (κ2) is 9.05. The maximum absolute atomic E-state index is 12.7. The Morgan fingerprint density at radius 2 is 1.56 bits per heavy atom. The predicted octanol–water partition coefficient (Wildman–Crippen LogP) is 4.39. The highest BCUT2D eigenvalue weighted by Gasteiger charge is 2.16. The lowest BCUT2D eigenvalue weighted by Gasteiger charge is -2.19. The molecular weight excluding hydrogens is 406 g/mol. The third kappa shape index (κ3) is 4.59. The van der Waals surface area contributed by atoms with Crippen LogP contribution in [0.1, 0.15) is 15.9 Å². The van der Waals surface area contributed by atoms with Crippen molar-refractivity contribution in [3.63, 3.8) is 0 Å². The first-order valence-electron chi connectivity index (χ1n) is 9.87. The number of benzene rings is 3. The van der Waals surface area contributed by atoms with E-state index >= 15 is 0 Å². The van der Waals surface area contributed by atoms with Crippen molar-refractivity contribution in [2.24, 2.45) is 0 Å². The summed E-state index contributed by atoms with van der Waals surface area (Å²) in [5, 5.41) is 16.6. The van der Waals surface area contributed by atoms with Gasteiger partial charge in [-0.15, -0.1) is 5.10 Å². The molecule has 8 heteroatoms. The molecule has 4 aromatic rings. The van der Waals surface area contributed by atoms with Gasteiger partial charge in [-0.25, -0.2) is 9.48 Å². The van der Waals surface area contributed by atoms with E-state index in [9.17, 15) is 14.7 Å². The van der Waals surface area contributed by atoms with Crippen molar-refractivity contribution in [2.75, 3.05) is 16.0 Å². The Labute approximate surface area is 184 Å². The fraction of sp³-hybridized carbons (Fsp3) is 0.0417. The smallest absolute Gasteiger partial charge is 0.412 e. The summed E-state index contributed by atoms with van der Waals surface area (Å²) in [6.07, 6.45) is 0.584. The lowest BCUT2D eigenvalue weighted by atomic mass is 10.1. The molecule has 3 aromatic carbocycles. The van der Waals surface area contributed by atoms with Crippen molar-refractivity contribution < 1.29 is 14.7 Å². The van der Waals surface area contributed by atoms with Crippen molar-refractivity contribution in [2.45, 2.75) is 6.54 Å². The van der Waals surface area contributed by atoms with E-state index in [2.05, 4.69) is 10.4 Å². The molecule has 160 valence electrons. The topological polar surface area (TPSA) is 113 Å². The van der Waals surface area contributed by atoms with Gasteiger partial charge in [-0.2, -0.15) is 0 Å². The Hall–Kier alpha value is -4.59. The molecule has 2 amide bonds. The number of nitrogens with one attached hydrogen (secondary N) is 1. The monoisotopic (exact) mass is 427 g/mol. The van der Waals surface area contributed by atoms with Gasteiger partial charge in [-0.05, 0) is 42.0 Å². The van der Waals surface area contributed by atoms with Crippen molar-refractivity contribution >= 4 is 29.2 Å². The number of carbonyl (C=O) groups is 2. The zero-order valence-electron chi connectivity index (χ0n) is 17.1. The van der Waals surface area contributed by atoms with Gasteiger partial charge >= 0.3 is 6.09 Å². The first-order valence-corrected chi connectivity index (χ1v) is 9.87. The molecule has 0 saturated heterocycles. The molecule has 4 rings (SSSR count). The Morgan fingerprint density at radius 1 is 0.938 bits per heavy atom. The van der Waals surface area contributed by atoms with E-state index in [1.165, 1.54) is 4.90 Å². The number of amides is 2. The lowest BCUT2D eigenvalue weighted by molar-refractivity contribution is 0.102. The van der Waals surface area contributed by atoms with Crippen molar-refractivity contribution in [3.8, 4) is 5.69 Å². The molecule has 0 spiro atoms. The molecule has 0 saturated carbocycles. The highest BCUT2D eigenvalue weighted by atomic mass is 16.4. The summed E-state index contributed by atoms with van der Waals surface area (Å²) < 4.78 is 1.60. The molecule has 1 heterocycles. The SMILES string of the molecule is Nc1cn(-c2ccccc2)nc1NC(=O)c1ccc(CN(C(=O)O)c2ccccc2)cc1. The number of nitrogens with two attached hydrogens (primary N) is 1. The summed E-state index contributed by atoms with van der Waals surface area (Å²) in [6, 6.07) is 25.0. The van der Waals surface area contributed by atoms with Gasteiger partial charge in [0.2, 0.25) is 0 Å². The van der Waals surface area contributed by atoms with Gasteiger partial charge in [-0.1, -0.05) is 48.5 Å². The van der Waals surface area contributed by atoms with Gasteiger partial charge in [0.15, 0.2) is 5.82 Å². The maximum atomic E-state index is 12.7. The molecule has 0 bridgehead atoms. The average molecular weight is 427 g/mol. The molecule has 8 nitrogen and oxygen atoms in total. The van der Waals surface area contributed by atoms with Crippen LogP contribution in [0.25, 0.3) is 5.69 Å². The van der Waals surface area contributed by atoms with Crippen LogP contribution in [0.15, 0.2) is 91.1 Å². The van der Waals surface area contributed by atoms with E-state index in [1.807, 2.05) is 36.4 Å². The highest BCUT2D eigenvalue weighted by Crippen LogP contribution is 2.21. The van der Waals surface area contributed by atoms with Gasteiger partial charge in [0.1, 0.15) is 0 Å². The Morgan fingerprint density at radius 3 is 2.19 bits per heavy atom. The Kier molecular flexibility index (Phi) is 5.85. The minimum atomic E-state index is -1.05. The van der Waals surface area contributed by atoms with E-state index in [4.69, 9.17) is 5.73 Å². The van der Waals surface area contributed by atoms with E-state index < -0.39 is 6.09 Å². The second-order valence-corrected chi connectivity index (χ2v) is 7.07. The number of carboxylic acid groups (broad SMARTS) is 1. The van der Waals surface area contributed by atoms with E-state index in [0.29, 0.717) is 16.9 Å². The molecule has 0 fully saturated rings. The summed E-state index contributed by atoms with van der Waals surface area (Å²) in [7, 11) is 0. The van der Waals surface area contributed by atoms with Crippen LogP contribution in [0.3, 0.4) is 0 Å². The van der Waals surface area contributed by atoms with Crippen molar-refractivity contribution in [1.82, 2.24) is 9.78 Å². The molecule has 0 aliphatic carbocycles. The van der Waals surface area contributed by atoms with E-state index in [-0.39, 0.29) is 18.3 Å². The van der Waals surface area contributed by atoms with Crippen molar-refractivity contribution in [3.05, 3.63) is 102 Å². The lowest BCUT2D eigenvalue weighted by Crippen LogP contribution is -2.28. The number of aromatic nitrogens is 2. The number of carbonyl (C=O) groups excluding carboxylic acids is 1. The van der Waals surface area contributed by atoms with Crippen LogP contribution in [0.2, 0.25) is 0 Å². The average Bonchev–Trinajstić information content (AvgIpc) is 3.19. The molecule has 32 heavy (non-hydrogen) atoms. The molecule has 0 aliphatic heterocycles. The first-order chi connectivity index (χ1) is 15.5. The van der Waals surface area contributed by atoms with Crippen LogP contribution in [-0.2, 0) is 6.54 Å². The van der Waals surface area contributed by atoms with Crippen LogP contribution >= 0.6 is 0 Å². The quantitative estimate of drug-likeness (QED) is 0.422. The minimum Gasteiger partial charge on any atom is -0.465 e. The van der Waals surface area contributed by atoms with Gasteiger partial charge in [-0.3, -0.25) is 9.69 Å². The standard InChI is InChI=1S/C24H21N5O3/c25-21-16-29(20-9-5-2-6-10-20)27-22(21)26-23(30)18-13-11-17(12-14-18)15-28(24(31)32)19-7-3-1-4-8-19/h1-14,16H,15,25H2,(H,31,32)(H,26,27,30). The second-order valence-electron chi connectivity index (χ2n) is 7.07. The third-order valence-corrected chi connectivity index (χ3v) is 4.85. The Balaban J connectivity index is 1.46. The van der Waals surface area contributed by atoms with Gasteiger partial charge in [0, 0.05) is 11.3 Å². The fourth-order valence-electron chi connectivity index (χ4n) is 3.20. The molecule has 0 unspecified atom stereocenters. The molecular formula is C24H21N5O3. The number of nitrogens with zero attached hydrogens (tertiary/aromatic N) is 3. The molecule has 1 aromatic heterocycles. The van der Waals surface area contributed by atoms with Crippen LogP contribution in [0, 0.1) is 0 Å². The summed E-state index contributed by atoms with van der Waals surface area (Å²) in [6.45, 7) is 0.162. The molecule has 0 radical (unpaired) electrons. The van der Waals surface area contributed by atoms with Crippen LogP contribution in [0.4, 0.5) is 22.0 Å². The zero-order chi connectivity index (χ0) is 22.5. The number of nitrogen functional groups attached to an aromatic ring is 1. The van der Waals surface area contributed by atoms with Crippen LogP contribution < -0.4 is 16.0 Å². The predicted molar refractivity (Wildman–Crippen MR) is 123 cm³/mol. The number of hydrogen-bond acceptors (Lipinski definition) is 4. The van der Waals surface area contributed by atoms with Gasteiger partial charge < -0.3 is 16.2 Å².